The molecule has 1 heterocycles. The first-order valence-corrected chi connectivity index (χ1v) is 8.42. The van der Waals surface area contributed by atoms with E-state index >= 15 is 0 Å². The molecular formula is C18H28N2O. The van der Waals surface area contributed by atoms with Crippen LogP contribution in [-0.2, 0) is 0 Å². The molecule has 0 aromatic heterocycles. The molecule has 0 amide bonds. The second kappa shape index (κ2) is 6.80. The molecule has 3 rings (SSSR count). The van der Waals surface area contributed by atoms with Crippen LogP contribution in [-0.4, -0.2) is 31.1 Å². The quantitative estimate of drug-likeness (QED) is 0.923. The van der Waals surface area contributed by atoms with Crippen molar-refractivity contribution in [3.8, 4) is 5.75 Å². The SMILES string of the molecule is COc1ccccc1C(N)CN1CCC[C@H]2CCCC[C@H]21. The first-order valence-electron chi connectivity index (χ1n) is 8.42. The Morgan fingerprint density at radius 2 is 1.95 bits per heavy atom. The Morgan fingerprint density at radius 3 is 2.81 bits per heavy atom. The van der Waals surface area contributed by atoms with Crippen molar-refractivity contribution in [1.29, 1.82) is 0 Å². The summed E-state index contributed by atoms with van der Waals surface area (Å²) >= 11 is 0. The molecule has 3 heteroatoms. The first-order chi connectivity index (χ1) is 10.3. The van der Waals surface area contributed by atoms with Crippen LogP contribution >= 0.6 is 0 Å². The average molecular weight is 288 g/mol. The van der Waals surface area contributed by atoms with E-state index in [4.69, 9.17) is 10.5 Å². The molecule has 2 fully saturated rings. The van der Waals surface area contributed by atoms with Gasteiger partial charge in [0.25, 0.3) is 0 Å². The molecule has 3 nitrogen and oxygen atoms in total. The highest BCUT2D eigenvalue weighted by Gasteiger charge is 2.33. The van der Waals surface area contributed by atoms with Crippen LogP contribution in [0.25, 0.3) is 0 Å². The van der Waals surface area contributed by atoms with Crippen molar-refractivity contribution in [2.45, 2.75) is 50.6 Å². The summed E-state index contributed by atoms with van der Waals surface area (Å²) in [5.74, 6) is 1.83. The van der Waals surface area contributed by atoms with Crippen molar-refractivity contribution >= 4 is 0 Å². The second-order valence-electron chi connectivity index (χ2n) is 6.60. The zero-order chi connectivity index (χ0) is 14.7. The zero-order valence-electron chi connectivity index (χ0n) is 13.1. The Bertz CT molecular complexity index is 460. The van der Waals surface area contributed by atoms with E-state index in [1.54, 1.807) is 7.11 Å². The predicted molar refractivity (Wildman–Crippen MR) is 86.5 cm³/mol. The predicted octanol–water partition coefficient (Wildman–Crippen LogP) is 3.35. The lowest BCUT2D eigenvalue weighted by Gasteiger charge is -2.45. The summed E-state index contributed by atoms with van der Waals surface area (Å²) in [7, 11) is 1.73. The summed E-state index contributed by atoms with van der Waals surface area (Å²) in [6.45, 7) is 2.17. The zero-order valence-corrected chi connectivity index (χ0v) is 13.1. The van der Waals surface area contributed by atoms with Gasteiger partial charge < -0.3 is 10.5 Å². The smallest absolute Gasteiger partial charge is 0.123 e. The van der Waals surface area contributed by atoms with Gasteiger partial charge in [-0.15, -0.1) is 0 Å². The van der Waals surface area contributed by atoms with E-state index in [9.17, 15) is 0 Å². The van der Waals surface area contributed by atoms with Gasteiger partial charge in [-0.2, -0.15) is 0 Å². The topological polar surface area (TPSA) is 38.5 Å². The molecule has 0 bridgehead atoms. The minimum atomic E-state index is 0.0434. The number of likely N-dealkylation sites (tertiary alicyclic amines) is 1. The first kappa shape index (κ1) is 14.9. The fourth-order valence-corrected chi connectivity index (χ4v) is 4.28. The highest BCUT2D eigenvalue weighted by atomic mass is 16.5. The minimum absolute atomic E-state index is 0.0434. The van der Waals surface area contributed by atoms with Gasteiger partial charge in [-0.1, -0.05) is 31.0 Å². The Morgan fingerprint density at radius 1 is 1.19 bits per heavy atom. The molecule has 3 atom stereocenters. The van der Waals surface area contributed by atoms with E-state index in [0.29, 0.717) is 0 Å². The van der Waals surface area contributed by atoms with Crippen LogP contribution in [0.2, 0.25) is 0 Å². The molecule has 1 saturated heterocycles. The highest BCUT2D eigenvalue weighted by molar-refractivity contribution is 5.35. The third-order valence-electron chi connectivity index (χ3n) is 5.33. The Balaban J connectivity index is 1.69. The van der Waals surface area contributed by atoms with Gasteiger partial charge in [0.1, 0.15) is 5.75 Å². The molecule has 1 saturated carbocycles. The molecule has 0 radical (unpaired) electrons. The van der Waals surface area contributed by atoms with Crippen LogP contribution in [0.15, 0.2) is 24.3 Å². The van der Waals surface area contributed by atoms with E-state index < -0.39 is 0 Å². The summed E-state index contributed by atoms with van der Waals surface area (Å²) < 4.78 is 5.46. The Kier molecular flexibility index (Phi) is 4.81. The maximum atomic E-state index is 6.50. The van der Waals surface area contributed by atoms with Gasteiger partial charge in [-0.25, -0.2) is 0 Å². The number of methoxy groups -OCH3 is 1. The van der Waals surface area contributed by atoms with Crippen LogP contribution in [0.3, 0.4) is 0 Å². The lowest BCUT2D eigenvalue weighted by Crippen LogP contribution is -2.49. The number of piperidine rings is 1. The minimum Gasteiger partial charge on any atom is -0.496 e. The van der Waals surface area contributed by atoms with Crippen LogP contribution in [0.1, 0.15) is 50.1 Å². The third kappa shape index (κ3) is 3.24. The molecule has 116 valence electrons. The van der Waals surface area contributed by atoms with Gasteiger partial charge in [0.2, 0.25) is 0 Å². The summed E-state index contributed by atoms with van der Waals surface area (Å²) in [6, 6.07) is 8.99. The Hall–Kier alpha value is -1.06. The van der Waals surface area contributed by atoms with E-state index in [1.165, 1.54) is 45.1 Å². The number of para-hydroxylation sites is 1. The maximum Gasteiger partial charge on any atom is 0.123 e. The standard InChI is InChI=1S/C18H28N2O/c1-21-18-11-5-3-9-15(18)16(19)13-20-12-6-8-14-7-2-4-10-17(14)20/h3,5,9,11,14,16-17H,2,4,6-8,10,12-13,19H2,1H3/t14-,16?,17-/m1/s1. The summed E-state index contributed by atoms with van der Waals surface area (Å²) in [4.78, 5) is 2.66. The van der Waals surface area contributed by atoms with Crippen LogP contribution in [0, 0.1) is 5.92 Å². The molecule has 1 aliphatic heterocycles. The van der Waals surface area contributed by atoms with E-state index in [1.807, 2.05) is 12.1 Å². The van der Waals surface area contributed by atoms with Crippen molar-refractivity contribution in [3.05, 3.63) is 29.8 Å². The van der Waals surface area contributed by atoms with Gasteiger partial charge >= 0.3 is 0 Å². The van der Waals surface area contributed by atoms with Crippen LogP contribution in [0.4, 0.5) is 0 Å². The largest absolute Gasteiger partial charge is 0.496 e. The molecule has 1 unspecified atom stereocenters. The number of ether oxygens (including phenoxy) is 1. The lowest BCUT2D eigenvalue weighted by atomic mass is 9.78. The van der Waals surface area contributed by atoms with Gasteiger partial charge in [0.05, 0.1) is 7.11 Å². The maximum absolute atomic E-state index is 6.50. The van der Waals surface area contributed by atoms with Gasteiger partial charge in [0.15, 0.2) is 0 Å². The number of rotatable bonds is 4. The fourth-order valence-electron chi connectivity index (χ4n) is 4.28. The van der Waals surface area contributed by atoms with Crippen molar-refractivity contribution in [3.63, 3.8) is 0 Å². The third-order valence-corrected chi connectivity index (χ3v) is 5.33. The summed E-state index contributed by atoms with van der Waals surface area (Å²) in [5.41, 5.74) is 7.64. The van der Waals surface area contributed by atoms with Crippen molar-refractivity contribution in [1.82, 2.24) is 4.90 Å². The van der Waals surface area contributed by atoms with Crippen molar-refractivity contribution in [2.75, 3.05) is 20.2 Å². The molecular weight excluding hydrogens is 260 g/mol. The lowest BCUT2D eigenvalue weighted by molar-refractivity contribution is 0.0560. The molecule has 2 N–H and O–H groups in total. The molecule has 21 heavy (non-hydrogen) atoms. The molecule has 1 aliphatic carbocycles. The number of nitrogens with two attached hydrogens (primary N) is 1. The second-order valence-corrected chi connectivity index (χ2v) is 6.60. The molecule has 0 spiro atoms. The number of fused-ring (bicyclic) bond motifs is 1. The molecule has 1 aromatic rings. The monoisotopic (exact) mass is 288 g/mol. The van der Waals surface area contributed by atoms with Crippen molar-refractivity contribution in [2.24, 2.45) is 11.7 Å². The van der Waals surface area contributed by atoms with E-state index in [-0.39, 0.29) is 6.04 Å². The average Bonchev–Trinajstić information content (AvgIpc) is 2.55. The number of hydrogen-bond acceptors (Lipinski definition) is 3. The summed E-state index contributed by atoms with van der Waals surface area (Å²) in [6.07, 6.45) is 8.36. The summed E-state index contributed by atoms with van der Waals surface area (Å²) in [5, 5.41) is 0. The van der Waals surface area contributed by atoms with Gasteiger partial charge in [-0.05, 0) is 44.2 Å². The Labute approximate surface area is 128 Å². The molecule has 1 aromatic carbocycles. The molecule has 2 aliphatic rings. The number of hydrogen-bond donors (Lipinski definition) is 1. The highest BCUT2D eigenvalue weighted by Crippen LogP contribution is 2.36. The number of nitrogens with zero attached hydrogens (tertiary/aromatic N) is 1. The van der Waals surface area contributed by atoms with E-state index in [0.717, 1.165) is 29.8 Å². The normalized spacial score (nSPS) is 27.9. The van der Waals surface area contributed by atoms with Crippen LogP contribution in [0.5, 0.6) is 5.75 Å². The fraction of sp³-hybridized carbons (Fsp3) is 0.667. The van der Waals surface area contributed by atoms with Gasteiger partial charge in [-0.3, -0.25) is 4.90 Å². The van der Waals surface area contributed by atoms with Crippen LogP contribution < -0.4 is 10.5 Å². The van der Waals surface area contributed by atoms with Crippen molar-refractivity contribution < 1.29 is 4.74 Å². The van der Waals surface area contributed by atoms with Gasteiger partial charge in [0, 0.05) is 24.2 Å². The van der Waals surface area contributed by atoms with E-state index in [2.05, 4.69) is 17.0 Å². The number of benzene rings is 1.